The quantitative estimate of drug-likeness (QED) is 0.293. The molecule has 0 rings (SSSR count). The maximum atomic E-state index is 8.49. The molecule has 0 aliphatic heterocycles. The van der Waals surface area contributed by atoms with Crippen LogP contribution in [0, 0.1) is 10.2 Å². The van der Waals surface area contributed by atoms with Gasteiger partial charge < -0.3 is 4.48 Å². The van der Waals surface area contributed by atoms with Gasteiger partial charge in [-0.25, -0.2) is 18.6 Å². The Balaban J connectivity index is 0. The van der Waals surface area contributed by atoms with E-state index in [9.17, 15) is 0 Å². The molecule has 0 spiro atoms. The lowest BCUT2D eigenvalue weighted by atomic mass is 10.1. The highest BCUT2D eigenvalue weighted by atomic mass is 35.7. The van der Waals surface area contributed by atoms with Crippen molar-refractivity contribution in [2.24, 2.45) is 0 Å². The topological polar surface area (TPSA) is 92.2 Å². The normalized spacial score (nSPS) is 12.0. The van der Waals surface area contributed by atoms with Crippen LogP contribution in [0.3, 0.4) is 0 Å². The van der Waals surface area contributed by atoms with Crippen molar-refractivity contribution in [3.63, 3.8) is 0 Å². The molecule has 0 aromatic rings. The van der Waals surface area contributed by atoms with Gasteiger partial charge in [0.15, 0.2) is 0 Å². The fraction of sp³-hybridized carbons (Fsp3) is 1.00. The number of hydrogen-bond acceptors (Lipinski definition) is 4. The Hall–Kier alpha value is 0.0900. The summed E-state index contributed by atoms with van der Waals surface area (Å²) >= 11 is 0. The average molecular weight is 398 g/mol. The molecule has 0 bridgehead atoms. The summed E-state index contributed by atoms with van der Waals surface area (Å²) < 4.78 is 35.4. The zero-order valence-corrected chi connectivity index (χ0v) is 18.5. The molecule has 0 aromatic heterocycles. The number of rotatable bonds is 16. The largest absolute Gasteiger partial charge is 0.324 e. The Morgan fingerprint density at radius 3 is 0.808 bits per heavy atom. The van der Waals surface area contributed by atoms with E-state index < -0.39 is 10.2 Å². The Kier molecular flexibility index (Phi) is 20.1. The van der Waals surface area contributed by atoms with Gasteiger partial charge in [0.1, 0.15) is 0 Å². The Labute approximate surface area is 164 Å². The molecule has 0 saturated carbocycles. The molecule has 0 aliphatic carbocycles. The highest BCUT2D eigenvalue weighted by Gasteiger charge is 2.25. The van der Waals surface area contributed by atoms with Gasteiger partial charge in [0, 0.05) is 0 Å². The molecule has 0 aromatic carbocycles. The average Bonchev–Trinajstić information content (AvgIpc) is 2.54. The number of nitrogens with zero attached hydrogens (tertiary/aromatic N) is 1. The minimum Gasteiger partial charge on any atom is -0.324 e. The third-order valence-corrected chi connectivity index (χ3v) is 4.94. The minimum absolute atomic E-state index is 1.36. The smallest absolute Gasteiger partial charge is 0.0786 e. The maximum absolute atomic E-state index is 8.49. The number of quaternary nitrogens is 1. The first-order valence-corrected chi connectivity index (χ1v) is 11.9. The van der Waals surface area contributed by atoms with Gasteiger partial charge in [0.05, 0.1) is 26.2 Å². The predicted molar refractivity (Wildman–Crippen MR) is 97.8 cm³/mol. The number of halogens is 1. The van der Waals surface area contributed by atoms with Gasteiger partial charge in [0.2, 0.25) is 0 Å². The van der Waals surface area contributed by atoms with Crippen molar-refractivity contribution in [3.05, 3.63) is 0 Å². The van der Waals surface area contributed by atoms with Crippen LogP contribution in [0.2, 0.25) is 0 Å². The number of unbranched alkanes of at least 4 members (excludes halogenated alkanes) is 8. The molecule has 6 heteroatoms. The summed E-state index contributed by atoms with van der Waals surface area (Å²) in [7, 11) is -4.94. The van der Waals surface area contributed by atoms with Crippen LogP contribution in [0.4, 0.5) is 0 Å². The van der Waals surface area contributed by atoms with E-state index in [4.69, 9.17) is 18.6 Å². The standard InChI is InChI=1S/C20H44N.ClHO4/c1-5-9-13-17-21(18-14-10-6-2,19-15-11-7-3)20-16-12-8-4;2-1(3,4)5/h5-20H2,1-4H3;(H,2,3,4,5)/q+1;/p-1. The van der Waals surface area contributed by atoms with Crippen molar-refractivity contribution in [2.45, 2.75) is 105 Å². The second-order valence-electron chi connectivity index (χ2n) is 7.44. The van der Waals surface area contributed by atoms with E-state index in [0.717, 1.165) is 0 Å². The predicted octanol–water partition coefficient (Wildman–Crippen LogP) is 1.81. The third kappa shape index (κ3) is 22.1. The van der Waals surface area contributed by atoms with Crippen LogP contribution in [0.5, 0.6) is 0 Å². The molecule has 0 atom stereocenters. The zero-order chi connectivity index (χ0) is 20.3. The molecule has 0 radical (unpaired) electrons. The van der Waals surface area contributed by atoms with Crippen LogP contribution in [0.15, 0.2) is 0 Å². The molecular formula is C20H44ClNO4. The zero-order valence-electron chi connectivity index (χ0n) is 17.8. The molecular weight excluding hydrogens is 354 g/mol. The van der Waals surface area contributed by atoms with Gasteiger partial charge in [-0.15, -0.1) is 10.2 Å². The summed E-state index contributed by atoms with van der Waals surface area (Å²) in [5.41, 5.74) is 0. The van der Waals surface area contributed by atoms with E-state index in [1.807, 2.05) is 0 Å². The molecule has 0 unspecified atom stereocenters. The molecule has 26 heavy (non-hydrogen) atoms. The monoisotopic (exact) mass is 397 g/mol. The lowest BCUT2D eigenvalue weighted by Gasteiger charge is -2.39. The van der Waals surface area contributed by atoms with Crippen molar-refractivity contribution in [1.29, 1.82) is 0 Å². The highest BCUT2D eigenvalue weighted by molar-refractivity contribution is 4.51. The first-order valence-electron chi connectivity index (χ1n) is 10.7. The molecule has 5 nitrogen and oxygen atoms in total. The van der Waals surface area contributed by atoms with E-state index in [0.29, 0.717) is 0 Å². The summed E-state index contributed by atoms with van der Waals surface area (Å²) in [5.74, 6) is 0. The van der Waals surface area contributed by atoms with Crippen LogP contribution >= 0.6 is 0 Å². The van der Waals surface area contributed by atoms with E-state index in [1.165, 1.54) is 108 Å². The summed E-state index contributed by atoms with van der Waals surface area (Å²) in [5, 5.41) is 0. The molecule has 0 N–H and O–H groups in total. The molecule has 0 amide bonds. The van der Waals surface area contributed by atoms with Crippen LogP contribution in [0.1, 0.15) is 105 Å². The fourth-order valence-electron chi connectivity index (χ4n) is 3.46. The molecule has 0 fully saturated rings. The Bertz CT molecular complexity index is 234. The summed E-state index contributed by atoms with van der Waals surface area (Å²) in [6, 6.07) is 0. The van der Waals surface area contributed by atoms with Crippen LogP contribution in [0.25, 0.3) is 0 Å². The van der Waals surface area contributed by atoms with Gasteiger partial charge in [-0.05, 0) is 51.4 Å². The van der Waals surface area contributed by atoms with E-state index in [1.54, 1.807) is 0 Å². The van der Waals surface area contributed by atoms with Crippen molar-refractivity contribution < 1.29 is 33.4 Å². The SMILES string of the molecule is CCCCC[N+](CCCCC)(CCCCC)CCCCC.[O-][Cl+3]([O-])([O-])[O-]. The van der Waals surface area contributed by atoms with Crippen molar-refractivity contribution in [2.75, 3.05) is 26.2 Å². The second kappa shape index (κ2) is 18.5. The molecule has 0 aliphatic rings. The first kappa shape index (κ1) is 28.3. The molecule has 0 saturated heterocycles. The number of hydrogen-bond donors (Lipinski definition) is 0. The van der Waals surface area contributed by atoms with Gasteiger partial charge in [0.25, 0.3) is 0 Å². The summed E-state index contributed by atoms with van der Waals surface area (Å²) in [4.78, 5) is 0. The molecule has 0 heterocycles. The van der Waals surface area contributed by atoms with Gasteiger partial charge >= 0.3 is 0 Å². The van der Waals surface area contributed by atoms with Gasteiger partial charge in [-0.1, -0.05) is 53.4 Å². The Morgan fingerprint density at radius 1 is 0.462 bits per heavy atom. The van der Waals surface area contributed by atoms with E-state index in [-0.39, 0.29) is 0 Å². The van der Waals surface area contributed by atoms with Crippen LogP contribution < -0.4 is 18.6 Å². The third-order valence-electron chi connectivity index (χ3n) is 4.94. The second-order valence-corrected chi connectivity index (χ2v) is 8.20. The lowest BCUT2D eigenvalue weighted by Crippen LogP contribution is -2.68. The van der Waals surface area contributed by atoms with Crippen molar-refractivity contribution in [3.8, 4) is 0 Å². The maximum Gasteiger partial charge on any atom is 0.0786 e. The van der Waals surface area contributed by atoms with Crippen LogP contribution in [-0.4, -0.2) is 30.7 Å². The van der Waals surface area contributed by atoms with Gasteiger partial charge in [-0.3, -0.25) is 0 Å². The van der Waals surface area contributed by atoms with Crippen molar-refractivity contribution in [1.82, 2.24) is 0 Å². The molecule has 160 valence electrons. The minimum atomic E-state index is -4.94. The summed E-state index contributed by atoms with van der Waals surface area (Å²) in [6.07, 6.45) is 16.9. The fourth-order valence-corrected chi connectivity index (χ4v) is 3.46. The lowest BCUT2D eigenvalue weighted by molar-refractivity contribution is -2.00. The summed E-state index contributed by atoms with van der Waals surface area (Å²) in [6.45, 7) is 15.1. The van der Waals surface area contributed by atoms with Crippen LogP contribution in [-0.2, 0) is 0 Å². The first-order chi connectivity index (χ1) is 12.2. The Morgan fingerprint density at radius 2 is 0.654 bits per heavy atom. The van der Waals surface area contributed by atoms with E-state index >= 15 is 0 Å². The highest BCUT2D eigenvalue weighted by Crippen LogP contribution is 2.18. The van der Waals surface area contributed by atoms with Crippen molar-refractivity contribution >= 4 is 0 Å². The van der Waals surface area contributed by atoms with E-state index in [2.05, 4.69) is 27.7 Å². The van der Waals surface area contributed by atoms with Gasteiger partial charge in [-0.2, -0.15) is 0 Å².